The van der Waals surface area contributed by atoms with Gasteiger partial charge in [-0.05, 0) is 13.8 Å². The molecule has 1 aliphatic rings. The molecule has 1 atom stereocenters. The highest BCUT2D eigenvalue weighted by Crippen LogP contribution is 2.26. The molecule has 1 saturated heterocycles. The van der Waals surface area contributed by atoms with E-state index in [-0.39, 0.29) is 37.6 Å². The van der Waals surface area contributed by atoms with Crippen LogP contribution in [0.1, 0.15) is 23.1 Å². The fraction of sp³-hybridized carbons (Fsp3) is 0.667. The van der Waals surface area contributed by atoms with Crippen LogP contribution < -0.4 is 0 Å². The number of halogens is 3. The van der Waals surface area contributed by atoms with E-state index in [0.717, 1.165) is 6.92 Å². The summed E-state index contributed by atoms with van der Waals surface area (Å²) in [5.41, 5.74) is -0.561. The highest BCUT2D eigenvalue weighted by molar-refractivity contribution is 5.96. The van der Waals surface area contributed by atoms with Gasteiger partial charge in [0.1, 0.15) is 11.7 Å². The molecule has 1 amide bonds. The van der Waals surface area contributed by atoms with Gasteiger partial charge in [0.2, 0.25) is 5.69 Å². The smallest absolute Gasteiger partial charge is 0.334 e. The Labute approximate surface area is 129 Å². The van der Waals surface area contributed by atoms with Crippen LogP contribution in [-0.2, 0) is 0 Å². The van der Waals surface area contributed by atoms with Crippen molar-refractivity contribution in [3.8, 4) is 0 Å². The minimum absolute atomic E-state index is 0.0453. The third-order valence-electron chi connectivity index (χ3n) is 3.92. The van der Waals surface area contributed by atoms with Gasteiger partial charge in [0.05, 0.1) is 4.92 Å². The van der Waals surface area contributed by atoms with Gasteiger partial charge in [0.15, 0.2) is 0 Å². The van der Waals surface area contributed by atoms with Gasteiger partial charge in [0.25, 0.3) is 5.91 Å². The number of aromatic amines is 1. The molecule has 128 valence electrons. The van der Waals surface area contributed by atoms with E-state index in [2.05, 4.69) is 10.2 Å². The van der Waals surface area contributed by atoms with E-state index in [1.807, 2.05) is 0 Å². The second-order valence-corrected chi connectivity index (χ2v) is 5.35. The molecule has 2 heterocycles. The van der Waals surface area contributed by atoms with Gasteiger partial charge in [0, 0.05) is 26.2 Å². The Hall–Kier alpha value is -2.17. The van der Waals surface area contributed by atoms with Crippen LogP contribution in [-0.4, -0.2) is 69.2 Å². The summed E-state index contributed by atoms with van der Waals surface area (Å²) < 4.78 is 38.1. The number of nitrogens with one attached hydrogen (secondary N) is 1. The predicted molar refractivity (Wildman–Crippen MR) is 73.0 cm³/mol. The van der Waals surface area contributed by atoms with Crippen LogP contribution in [0.4, 0.5) is 18.9 Å². The fourth-order valence-corrected chi connectivity index (χ4v) is 2.46. The Morgan fingerprint density at radius 3 is 2.39 bits per heavy atom. The molecule has 2 rings (SSSR count). The number of alkyl halides is 3. The van der Waals surface area contributed by atoms with E-state index >= 15 is 0 Å². The summed E-state index contributed by atoms with van der Waals surface area (Å²) in [7, 11) is 0. The molecule has 1 aliphatic heterocycles. The third kappa shape index (κ3) is 3.44. The van der Waals surface area contributed by atoms with Gasteiger partial charge >= 0.3 is 11.9 Å². The molecule has 0 unspecified atom stereocenters. The summed E-state index contributed by atoms with van der Waals surface area (Å²) in [6, 6.07) is -1.60. The second-order valence-electron chi connectivity index (χ2n) is 5.35. The zero-order valence-electron chi connectivity index (χ0n) is 12.6. The number of nitro groups is 1. The van der Waals surface area contributed by atoms with Crippen molar-refractivity contribution in [2.45, 2.75) is 26.1 Å². The number of H-pyrrole nitrogens is 1. The van der Waals surface area contributed by atoms with Crippen molar-refractivity contribution in [2.24, 2.45) is 0 Å². The van der Waals surface area contributed by atoms with Crippen LogP contribution in [0, 0.1) is 17.0 Å². The summed E-state index contributed by atoms with van der Waals surface area (Å²) >= 11 is 0. The van der Waals surface area contributed by atoms with Gasteiger partial charge in [-0.15, -0.1) is 0 Å². The van der Waals surface area contributed by atoms with Gasteiger partial charge in [-0.2, -0.15) is 18.3 Å². The van der Waals surface area contributed by atoms with Crippen LogP contribution >= 0.6 is 0 Å². The number of amides is 1. The number of aromatic nitrogens is 2. The Bertz CT molecular complexity index is 608. The maximum absolute atomic E-state index is 12.7. The van der Waals surface area contributed by atoms with Crippen LogP contribution in [0.2, 0.25) is 0 Å². The largest absolute Gasteiger partial charge is 0.403 e. The number of carbonyl (C=O) groups is 1. The number of carbonyl (C=O) groups excluding carboxylic acids is 1. The third-order valence-corrected chi connectivity index (χ3v) is 3.92. The van der Waals surface area contributed by atoms with E-state index in [9.17, 15) is 28.1 Å². The lowest BCUT2D eigenvalue weighted by Gasteiger charge is -2.38. The Morgan fingerprint density at radius 1 is 1.35 bits per heavy atom. The molecule has 8 nitrogen and oxygen atoms in total. The lowest BCUT2D eigenvalue weighted by Crippen LogP contribution is -2.54. The molecule has 0 spiro atoms. The highest BCUT2D eigenvalue weighted by Gasteiger charge is 2.41. The van der Waals surface area contributed by atoms with Crippen molar-refractivity contribution in [3.63, 3.8) is 0 Å². The molecule has 1 fully saturated rings. The van der Waals surface area contributed by atoms with Gasteiger partial charge in [-0.25, -0.2) is 0 Å². The summed E-state index contributed by atoms with van der Waals surface area (Å²) in [6.07, 6.45) is -4.33. The highest BCUT2D eigenvalue weighted by atomic mass is 19.4. The SMILES string of the molecule is Cc1[nH]nc(C(=O)N2CCN([C@H](C)C(F)(F)F)CC2)c1[N+](=O)[O-]. The standard InChI is InChI=1S/C12H16F3N5O3/c1-7-10(20(22)23)9(17-16-7)11(21)19-5-3-18(4-6-19)8(2)12(13,14)15/h8H,3-6H2,1-2H3,(H,16,17)/t8-/m1/s1. The zero-order valence-corrected chi connectivity index (χ0v) is 12.6. The molecule has 11 heteroatoms. The summed E-state index contributed by atoms with van der Waals surface area (Å²) in [5.74, 6) is -0.652. The van der Waals surface area contributed by atoms with Crippen LogP contribution in [0.15, 0.2) is 0 Å². The number of nitrogens with zero attached hydrogens (tertiary/aromatic N) is 4. The van der Waals surface area contributed by atoms with Crippen LogP contribution in [0.25, 0.3) is 0 Å². The predicted octanol–water partition coefficient (Wildman–Crippen LogP) is 1.33. The molecule has 0 saturated carbocycles. The maximum atomic E-state index is 12.7. The molecule has 1 N–H and O–H groups in total. The zero-order chi connectivity index (χ0) is 17.4. The average molecular weight is 335 g/mol. The molecule has 0 radical (unpaired) electrons. The second kappa shape index (κ2) is 6.14. The molecule has 0 aromatic carbocycles. The summed E-state index contributed by atoms with van der Waals surface area (Å²) in [6.45, 7) is 2.70. The Morgan fingerprint density at radius 2 is 1.91 bits per heavy atom. The Balaban J connectivity index is 2.06. The van der Waals surface area contributed by atoms with Gasteiger partial charge in [-0.1, -0.05) is 0 Å². The number of rotatable bonds is 3. The first-order valence-corrected chi connectivity index (χ1v) is 6.92. The van der Waals surface area contributed by atoms with Crippen molar-refractivity contribution in [2.75, 3.05) is 26.2 Å². The van der Waals surface area contributed by atoms with Crippen molar-refractivity contribution in [1.82, 2.24) is 20.0 Å². The quantitative estimate of drug-likeness (QED) is 0.664. The topological polar surface area (TPSA) is 95.4 Å². The molecule has 1 aromatic rings. The summed E-state index contributed by atoms with van der Waals surface area (Å²) in [5, 5.41) is 17.0. The molecule has 0 aliphatic carbocycles. The normalized spacial score (nSPS) is 18.0. The van der Waals surface area contributed by atoms with Crippen LogP contribution in [0.3, 0.4) is 0 Å². The lowest BCUT2D eigenvalue weighted by molar-refractivity contribution is -0.385. The molecule has 23 heavy (non-hydrogen) atoms. The average Bonchev–Trinajstić information content (AvgIpc) is 2.87. The van der Waals surface area contributed by atoms with E-state index in [1.54, 1.807) is 0 Å². The van der Waals surface area contributed by atoms with Crippen molar-refractivity contribution >= 4 is 11.6 Å². The molecular formula is C12H16F3N5O3. The lowest BCUT2D eigenvalue weighted by atomic mass is 10.2. The maximum Gasteiger partial charge on any atom is 0.403 e. The summed E-state index contributed by atoms with van der Waals surface area (Å²) in [4.78, 5) is 25.1. The van der Waals surface area contributed by atoms with Crippen molar-refractivity contribution < 1.29 is 22.9 Å². The van der Waals surface area contributed by atoms with E-state index in [1.165, 1.54) is 16.7 Å². The first-order valence-electron chi connectivity index (χ1n) is 6.92. The van der Waals surface area contributed by atoms with Gasteiger partial charge in [-0.3, -0.25) is 24.9 Å². The Kier molecular flexibility index (Phi) is 4.59. The number of hydrogen-bond donors (Lipinski definition) is 1. The number of aryl methyl sites for hydroxylation is 1. The number of piperazine rings is 1. The molecule has 1 aromatic heterocycles. The van der Waals surface area contributed by atoms with E-state index in [0.29, 0.717) is 0 Å². The van der Waals surface area contributed by atoms with E-state index in [4.69, 9.17) is 0 Å². The minimum atomic E-state index is -4.33. The van der Waals surface area contributed by atoms with Crippen molar-refractivity contribution in [3.05, 3.63) is 21.5 Å². The van der Waals surface area contributed by atoms with Crippen LogP contribution in [0.5, 0.6) is 0 Å². The minimum Gasteiger partial charge on any atom is -0.334 e. The van der Waals surface area contributed by atoms with Gasteiger partial charge < -0.3 is 4.90 Å². The first-order chi connectivity index (χ1) is 10.6. The molecular weight excluding hydrogens is 319 g/mol. The number of hydrogen-bond acceptors (Lipinski definition) is 5. The first kappa shape index (κ1) is 17.2. The van der Waals surface area contributed by atoms with E-state index < -0.39 is 28.7 Å². The monoisotopic (exact) mass is 335 g/mol. The fourth-order valence-electron chi connectivity index (χ4n) is 2.46. The van der Waals surface area contributed by atoms with Crippen molar-refractivity contribution in [1.29, 1.82) is 0 Å². The molecule has 0 bridgehead atoms.